The highest BCUT2D eigenvalue weighted by molar-refractivity contribution is 5.78. The van der Waals surface area contributed by atoms with Crippen molar-refractivity contribution in [1.82, 2.24) is 0 Å². The van der Waals surface area contributed by atoms with Crippen LogP contribution in [0.4, 0.5) is 0 Å². The molecule has 1 aromatic carbocycles. The van der Waals surface area contributed by atoms with E-state index in [1.165, 1.54) is 0 Å². The number of carbonyl (C=O) groups is 1. The Balaban J connectivity index is 2.23. The summed E-state index contributed by atoms with van der Waals surface area (Å²) >= 11 is 0. The summed E-state index contributed by atoms with van der Waals surface area (Å²) in [7, 11) is 3.30. The van der Waals surface area contributed by atoms with Gasteiger partial charge >= 0.3 is 5.97 Å². The summed E-state index contributed by atoms with van der Waals surface area (Å²) in [6.45, 7) is 1.98. The highest BCUT2D eigenvalue weighted by Gasteiger charge is 2.44. The topological polar surface area (TPSA) is 44.8 Å². The van der Waals surface area contributed by atoms with Crippen LogP contribution in [0.5, 0.6) is 11.5 Å². The second kappa shape index (κ2) is 3.90. The van der Waals surface area contributed by atoms with Crippen molar-refractivity contribution in [3.05, 3.63) is 22.8 Å². The van der Waals surface area contributed by atoms with E-state index in [1.54, 1.807) is 14.2 Å². The first-order valence-electron chi connectivity index (χ1n) is 6.10. The van der Waals surface area contributed by atoms with Crippen LogP contribution in [0, 0.1) is 12.8 Å². The third-order valence-electron chi connectivity index (χ3n) is 3.86. The van der Waals surface area contributed by atoms with E-state index < -0.39 is 0 Å². The van der Waals surface area contributed by atoms with Crippen LogP contribution in [0.2, 0.25) is 0 Å². The number of ether oxygens (including phenoxy) is 3. The van der Waals surface area contributed by atoms with Crippen molar-refractivity contribution in [3.63, 3.8) is 0 Å². The average molecular weight is 248 g/mol. The minimum Gasteiger partial charge on any atom is -0.496 e. The number of rotatable bonds is 2. The lowest BCUT2D eigenvalue weighted by Gasteiger charge is -2.25. The van der Waals surface area contributed by atoms with Crippen LogP contribution in [0.15, 0.2) is 6.07 Å². The molecular weight excluding hydrogens is 232 g/mol. The number of fused-ring (bicyclic) bond motifs is 4. The van der Waals surface area contributed by atoms with Gasteiger partial charge in [-0.15, -0.1) is 0 Å². The summed E-state index contributed by atoms with van der Waals surface area (Å²) in [5.74, 6) is 1.53. The fourth-order valence-electron chi connectivity index (χ4n) is 3.06. The molecule has 0 amide bonds. The zero-order chi connectivity index (χ0) is 12.9. The van der Waals surface area contributed by atoms with Gasteiger partial charge in [0.25, 0.3) is 0 Å². The maximum Gasteiger partial charge on any atom is 0.310 e. The maximum absolute atomic E-state index is 11.7. The number of hydrogen-bond donors (Lipinski definition) is 0. The molecule has 0 unspecified atom stereocenters. The second-order valence-corrected chi connectivity index (χ2v) is 4.88. The van der Waals surface area contributed by atoms with Crippen molar-refractivity contribution in [1.29, 1.82) is 0 Å². The molecule has 0 spiro atoms. The quantitative estimate of drug-likeness (QED) is 0.752. The number of methoxy groups -OCH3 is 2. The summed E-state index contributed by atoms with van der Waals surface area (Å²) in [6.07, 6.45) is 1.27. The van der Waals surface area contributed by atoms with Crippen LogP contribution in [-0.4, -0.2) is 20.2 Å². The fourth-order valence-corrected chi connectivity index (χ4v) is 3.06. The van der Waals surface area contributed by atoms with Gasteiger partial charge in [-0.3, -0.25) is 4.79 Å². The first-order chi connectivity index (χ1) is 8.65. The van der Waals surface area contributed by atoms with Gasteiger partial charge in [-0.25, -0.2) is 0 Å². The molecule has 2 aliphatic rings. The van der Waals surface area contributed by atoms with Gasteiger partial charge in [0, 0.05) is 17.5 Å². The monoisotopic (exact) mass is 248 g/mol. The van der Waals surface area contributed by atoms with E-state index >= 15 is 0 Å². The Hall–Kier alpha value is -1.71. The van der Waals surface area contributed by atoms with Crippen molar-refractivity contribution in [2.24, 2.45) is 5.92 Å². The van der Waals surface area contributed by atoms with Gasteiger partial charge in [-0.2, -0.15) is 0 Å². The van der Waals surface area contributed by atoms with E-state index in [1.807, 2.05) is 13.0 Å². The molecule has 1 aromatic rings. The molecule has 18 heavy (non-hydrogen) atoms. The Bertz CT molecular complexity index is 521. The Morgan fingerprint density at radius 3 is 2.78 bits per heavy atom. The van der Waals surface area contributed by atoms with Crippen molar-refractivity contribution in [2.75, 3.05) is 14.2 Å². The molecule has 4 nitrogen and oxygen atoms in total. The second-order valence-electron chi connectivity index (χ2n) is 4.88. The third-order valence-corrected chi connectivity index (χ3v) is 3.86. The Kier molecular flexibility index (Phi) is 2.47. The number of carbonyl (C=O) groups excluding carboxylic acids is 1. The summed E-state index contributed by atoms with van der Waals surface area (Å²) in [6, 6.07) is 1.97. The summed E-state index contributed by atoms with van der Waals surface area (Å²) in [5.41, 5.74) is 3.07. The summed E-state index contributed by atoms with van der Waals surface area (Å²) in [5, 5.41) is 0. The molecular formula is C14H16O4. The summed E-state index contributed by atoms with van der Waals surface area (Å²) < 4.78 is 16.3. The van der Waals surface area contributed by atoms with Crippen LogP contribution in [0.1, 0.15) is 29.2 Å². The number of hydrogen-bond acceptors (Lipinski definition) is 4. The van der Waals surface area contributed by atoms with Gasteiger partial charge in [0.05, 0.1) is 20.1 Å². The molecule has 1 saturated heterocycles. The van der Waals surface area contributed by atoms with E-state index in [-0.39, 0.29) is 18.0 Å². The Labute approximate surface area is 106 Å². The largest absolute Gasteiger partial charge is 0.496 e. The zero-order valence-electron chi connectivity index (χ0n) is 10.8. The molecule has 0 radical (unpaired) electrons. The molecule has 96 valence electrons. The first kappa shape index (κ1) is 11.4. The smallest absolute Gasteiger partial charge is 0.310 e. The summed E-state index contributed by atoms with van der Waals surface area (Å²) in [4.78, 5) is 11.7. The lowest BCUT2D eigenvalue weighted by Crippen LogP contribution is -2.16. The lowest BCUT2D eigenvalue weighted by atomic mass is 9.82. The van der Waals surface area contributed by atoms with Crippen molar-refractivity contribution in [2.45, 2.75) is 25.9 Å². The van der Waals surface area contributed by atoms with Crippen LogP contribution < -0.4 is 9.47 Å². The predicted molar refractivity (Wildman–Crippen MR) is 64.9 cm³/mol. The van der Waals surface area contributed by atoms with Gasteiger partial charge in [0.15, 0.2) is 0 Å². The third kappa shape index (κ3) is 1.41. The molecule has 1 aliphatic carbocycles. The molecule has 1 heterocycles. The van der Waals surface area contributed by atoms with Crippen molar-refractivity contribution >= 4 is 5.97 Å². The normalized spacial score (nSPS) is 24.5. The first-order valence-corrected chi connectivity index (χ1v) is 6.10. The molecule has 1 aliphatic heterocycles. The van der Waals surface area contributed by atoms with Gasteiger partial charge in [0.1, 0.15) is 17.6 Å². The van der Waals surface area contributed by atoms with E-state index in [4.69, 9.17) is 14.2 Å². The number of aryl methyl sites for hydroxylation is 1. The van der Waals surface area contributed by atoms with Crippen LogP contribution in [-0.2, 0) is 16.0 Å². The predicted octanol–water partition coefficient (Wildman–Crippen LogP) is 2.17. The minimum absolute atomic E-state index is 0.0242. The van der Waals surface area contributed by atoms with E-state index in [2.05, 4.69) is 0 Å². The van der Waals surface area contributed by atoms with Crippen molar-refractivity contribution in [3.8, 4) is 11.5 Å². The highest BCUT2D eigenvalue weighted by atomic mass is 16.6. The van der Waals surface area contributed by atoms with Crippen molar-refractivity contribution < 1.29 is 19.0 Å². The van der Waals surface area contributed by atoms with Gasteiger partial charge in [-0.05, 0) is 25.0 Å². The molecule has 1 fully saturated rings. The highest BCUT2D eigenvalue weighted by Crippen LogP contribution is 2.50. The Morgan fingerprint density at radius 1 is 1.33 bits per heavy atom. The van der Waals surface area contributed by atoms with Gasteiger partial charge in [0.2, 0.25) is 0 Å². The van der Waals surface area contributed by atoms with Gasteiger partial charge < -0.3 is 14.2 Å². The number of benzene rings is 1. The molecule has 3 rings (SSSR count). The van der Waals surface area contributed by atoms with Crippen LogP contribution in [0.25, 0.3) is 0 Å². The minimum atomic E-state index is -0.171. The zero-order valence-corrected chi connectivity index (χ0v) is 10.8. The molecule has 4 heteroatoms. The van der Waals surface area contributed by atoms with E-state index in [0.717, 1.165) is 34.6 Å². The number of esters is 1. The molecule has 0 N–H and O–H groups in total. The van der Waals surface area contributed by atoms with E-state index in [0.29, 0.717) is 6.42 Å². The average Bonchev–Trinajstić information content (AvgIpc) is 2.66. The molecule has 0 saturated carbocycles. The lowest BCUT2D eigenvalue weighted by molar-refractivity contribution is -0.144. The Morgan fingerprint density at radius 2 is 2.11 bits per heavy atom. The maximum atomic E-state index is 11.7. The SMILES string of the molecule is COc1cc(C)c(OC)c2c1C[C@H]1C[C@H]2OC1=O. The molecule has 2 bridgehead atoms. The fraction of sp³-hybridized carbons (Fsp3) is 0.500. The molecule has 2 atom stereocenters. The standard InChI is InChI=1S/C14H16O4/c1-7-4-10(16-2)9-5-8-6-11(18-14(8)15)12(9)13(7)17-3/h4,8,11H,5-6H2,1-3H3/t8-,11+/m0/s1. The van der Waals surface area contributed by atoms with Crippen LogP contribution in [0.3, 0.4) is 0 Å². The van der Waals surface area contributed by atoms with E-state index in [9.17, 15) is 4.79 Å². The van der Waals surface area contributed by atoms with Crippen LogP contribution >= 0.6 is 0 Å². The molecule has 0 aromatic heterocycles. The van der Waals surface area contributed by atoms with Gasteiger partial charge in [-0.1, -0.05) is 0 Å².